The van der Waals surface area contributed by atoms with Crippen molar-refractivity contribution in [3.05, 3.63) is 23.0 Å². The fourth-order valence-electron chi connectivity index (χ4n) is 3.36. The molecule has 2 heterocycles. The molecule has 0 aromatic carbocycles. The lowest BCUT2D eigenvalue weighted by molar-refractivity contribution is 0.376. The minimum Gasteiger partial charge on any atom is -0.367 e. The van der Waals surface area contributed by atoms with E-state index in [1.165, 1.54) is 25.7 Å². The number of aryl methyl sites for hydroxylation is 2. The standard InChI is InChI=1S/C17H24N4/c1-12-8-17(16(9-18)13(2)20-12)21(15-5-6-15)11-14-4-3-7-19-10-14/h8,14-15,19H,3-7,10-11H2,1-2H3. The highest BCUT2D eigenvalue weighted by molar-refractivity contribution is 5.62. The average Bonchev–Trinajstić information content (AvgIpc) is 3.30. The molecule has 1 aliphatic carbocycles. The van der Waals surface area contributed by atoms with Crippen molar-refractivity contribution in [2.75, 3.05) is 24.5 Å². The van der Waals surface area contributed by atoms with Gasteiger partial charge in [-0.3, -0.25) is 4.98 Å². The maximum Gasteiger partial charge on any atom is 0.103 e. The lowest BCUT2D eigenvalue weighted by Gasteiger charge is -2.32. The highest BCUT2D eigenvalue weighted by Gasteiger charge is 2.33. The summed E-state index contributed by atoms with van der Waals surface area (Å²) < 4.78 is 0. The van der Waals surface area contributed by atoms with Crippen LogP contribution in [0.15, 0.2) is 6.07 Å². The Balaban J connectivity index is 1.88. The highest BCUT2D eigenvalue weighted by atomic mass is 15.2. The number of pyridine rings is 1. The normalized spacial score (nSPS) is 21.9. The van der Waals surface area contributed by atoms with E-state index < -0.39 is 0 Å². The summed E-state index contributed by atoms with van der Waals surface area (Å²) in [6.45, 7) is 7.29. The van der Waals surface area contributed by atoms with Gasteiger partial charge in [-0.25, -0.2) is 0 Å². The van der Waals surface area contributed by atoms with Gasteiger partial charge in [0, 0.05) is 18.3 Å². The van der Waals surface area contributed by atoms with E-state index in [0.29, 0.717) is 12.0 Å². The number of nitrogens with one attached hydrogen (secondary N) is 1. The Morgan fingerprint density at radius 1 is 1.38 bits per heavy atom. The number of rotatable bonds is 4. The van der Waals surface area contributed by atoms with Crippen LogP contribution in [0.1, 0.15) is 42.6 Å². The first kappa shape index (κ1) is 14.3. The second-order valence-corrected chi connectivity index (χ2v) is 6.45. The Labute approximate surface area is 127 Å². The molecular weight excluding hydrogens is 260 g/mol. The van der Waals surface area contributed by atoms with Gasteiger partial charge in [-0.2, -0.15) is 5.26 Å². The summed E-state index contributed by atoms with van der Waals surface area (Å²) >= 11 is 0. The molecular formula is C17H24N4. The molecule has 21 heavy (non-hydrogen) atoms. The van der Waals surface area contributed by atoms with Crippen LogP contribution in [0, 0.1) is 31.1 Å². The van der Waals surface area contributed by atoms with Crippen molar-refractivity contribution < 1.29 is 0 Å². The van der Waals surface area contributed by atoms with Crippen LogP contribution in [-0.2, 0) is 0 Å². The average molecular weight is 284 g/mol. The quantitative estimate of drug-likeness (QED) is 0.923. The molecule has 0 spiro atoms. The lowest BCUT2D eigenvalue weighted by atomic mass is 9.98. The van der Waals surface area contributed by atoms with E-state index in [4.69, 9.17) is 0 Å². The minimum absolute atomic E-state index is 0.625. The van der Waals surface area contributed by atoms with Crippen LogP contribution in [-0.4, -0.2) is 30.7 Å². The summed E-state index contributed by atoms with van der Waals surface area (Å²) in [7, 11) is 0. The van der Waals surface area contributed by atoms with Gasteiger partial charge >= 0.3 is 0 Å². The van der Waals surface area contributed by atoms with Crippen molar-refractivity contribution in [2.24, 2.45) is 5.92 Å². The van der Waals surface area contributed by atoms with Crippen LogP contribution in [0.3, 0.4) is 0 Å². The molecule has 1 aromatic rings. The summed E-state index contributed by atoms with van der Waals surface area (Å²) in [6.07, 6.45) is 5.07. The van der Waals surface area contributed by atoms with Crippen molar-refractivity contribution in [1.82, 2.24) is 10.3 Å². The van der Waals surface area contributed by atoms with Gasteiger partial charge in [-0.15, -0.1) is 0 Å². The molecule has 3 rings (SSSR count). The summed E-state index contributed by atoms with van der Waals surface area (Å²) in [6, 6.07) is 5.09. The molecule has 1 atom stereocenters. The second-order valence-electron chi connectivity index (χ2n) is 6.45. The number of nitriles is 1. The number of anilines is 1. The van der Waals surface area contributed by atoms with E-state index in [0.717, 1.165) is 42.3 Å². The van der Waals surface area contributed by atoms with Gasteiger partial charge in [0.1, 0.15) is 6.07 Å². The number of aromatic nitrogens is 1. The Kier molecular flexibility index (Phi) is 4.12. The summed E-state index contributed by atoms with van der Waals surface area (Å²) in [4.78, 5) is 6.94. The molecule has 1 saturated heterocycles. The Bertz CT molecular complexity index is 551. The molecule has 1 N–H and O–H groups in total. The predicted octanol–water partition coefficient (Wildman–Crippen LogP) is 2.54. The number of piperidine rings is 1. The maximum atomic E-state index is 9.52. The molecule has 0 radical (unpaired) electrons. The van der Waals surface area contributed by atoms with Crippen LogP contribution < -0.4 is 10.2 Å². The topological polar surface area (TPSA) is 52.0 Å². The maximum absolute atomic E-state index is 9.52. The molecule has 2 aliphatic rings. The summed E-state index contributed by atoms with van der Waals surface area (Å²) in [5.74, 6) is 0.694. The molecule has 112 valence electrons. The van der Waals surface area contributed by atoms with Crippen molar-refractivity contribution in [1.29, 1.82) is 5.26 Å². The summed E-state index contributed by atoms with van der Waals surface area (Å²) in [5.41, 5.74) is 3.74. The van der Waals surface area contributed by atoms with Gasteiger partial charge in [0.05, 0.1) is 16.9 Å². The minimum atomic E-state index is 0.625. The van der Waals surface area contributed by atoms with E-state index in [1.807, 2.05) is 13.8 Å². The first-order chi connectivity index (χ1) is 10.2. The molecule has 1 aromatic heterocycles. The molecule has 4 heteroatoms. The van der Waals surface area contributed by atoms with Crippen LogP contribution in [0.5, 0.6) is 0 Å². The molecule has 0 bridgehead atoms. The van der Waals surface area contributed by atoms with Gasteiger partial charge in [-0.05, 0) is 64.6 Å². The second kappa shape index (κ2) is 6.03. The van der Waals surface area contributed by atoms with Gasteiger partial charge < -0.3 is 10.2 Å². The zero-order chi connectivity index (χ0) is 14.8. The predicted molar refractivity (Wildman–Crippen MR) is 84.4 cm³/mol. The molecule has 4 nitrogen and oxygen atoms in total. The monoisotopic (exact) mass is 284 g/mol. The SMILES string of the molecule is Cc1cc(N(CC2CCCNC2)C2CC2)c(C#N)c(C)n1. The fraction of sp³-hybridized carbons (Fsp3) is 0.647. The summed E-state index contributed by atoms with van der Waals surface area (Å²) in [5, 5.41) is 13.0. The van der Waals surface area contributed by atoms with E-state index in [-0.39, 0.29) is 0 Å². The van der Waals surface area contributed by atoms with Gasteiger partial charge in [0.25, 0.3) is 0 Å². The fourth-order valence-corrected chi connectivity index (χ4v) is 3.36. The number of hydrogen-bond donors (Lipinski definition) is 1. The van der Waals surface area contributed by atoms with Crippen molar-refractivity contribution >= 4 is 5.69 Å². The van der Waals surface area contributed by atoms with Crippen LogP contribution >= 0.6 is 0 Å². The van der Waals surface area contributed by atoms with E-state index in [9.17, 15) is 5.26 Å². The van der Waals surface area contributed by atoms with Gasteiger partial charge in [-0.1, -0.05) is 0 Å². The van der Waals surface area contributed by atoms with Gasteiger partial charge in [0.2, 0.25) is 0 Å². The van der Waals surface area contributed by atoms with E-state index in [2.05, 4.69) is 27.3 Å². The van der Waals surface area contributed by atoms with Crippen molar-refractivity contribution in [2.45, 2.75) is 45.6 Å². The first-order valence-corrected chi connectivity index (χ1v) is 8.04. The molecule has 2 fully saturated rings. The Morgan fingerprint density at radius 3 is 2.81 bits per heavy atom. The van der Waals surface area contributed by atoms with Crippen LogP contribution in [0.4, 0.5) is 5.69 Å². The molecule has 1 unspecified atom stereocenters. The van der Waals surface area contributed by atoms with Crippen molar-refractivity contribution in [3.8, 4) is 6.07 Å². The molecule has 1 aliphatic heterocycles. The van der Waals surface area contributed by atoms with Crippen LogP contribution in [0.2, 0.25) is 0 Å². The Morgan fingerprint density at radius 2 is 2.19 bits per heavy atom. The molecule has 1 saturated carbocycles. The van der Waals surface area contributed by atoms with E-state index >= 15 is 0 Å². The number of hydrogen-bond acceptors (Lipinski definition) is 4. The van der Waals surface area contributed by atoms with Crippen LogP contribution in [0.25, 0.3) is 0 Å². The Hall–Kier alpha value is -1.60. The number of nitrogens with zero attached hydrogens (tertiary/aromatic N) is 3. The zero-order valence-corrected chi connectivity index (χ0v) is 13.0. The van der Waals surface area contributed by atoms with E-state index in [1.54, 1.807) is 0 Å². The third-order valence-corrected chi connectivity index (χ3v) is 4.57. The first-order valence-electron chi connectivity index (χ1n) is 8.04. The largest absolute Gasteiger partial charge is 0.367 e. The van der Waals surface area contributed by atoms with Gasteiger partial charge in [0.15, 0.2) is 0 Å². The van der Waals surface area contributed by atoms with Crippen molar-refractivity contribution in [3.63, 3.8) is 0 Å². The lowest BCUT2D eigenvalue weighted by Crippen LogP contribution is -2.39. The highest BCUT2D eigenvalue weighted by Crippen LogP contribution is 2.35. The molecule has 0 amide bonds. The third-order valence-electron chi connectivity index (χ3n) is 4.57. The third kappa shape index (κ3) is 3.19. The smallest absolute Gasteiger partial charge is 0.103 e. The zero-order valence-electron chi connectivity index (χ0n) is 13.0.